The summed E-state index contributed by atoms with van der Waals surface area (Å²) in [5.41, 5.74) is -0.250. The standard InChI is InChI=1S/C20H18BrNO6/c1-27-13-8-7-12-10-20(19(24)28-2,18(23)15(12)9-13)16(11-22(25)26)14-5-3-4-6-17(14)21/h3-9,16H,10-11H2,1-2H3/t16-,20+/m1/s1. The molecule has 7 nitrogen and oxygen atoms in total. The van der Waals surface area contributed by atoms with Crippen molar-refractivity contribution < 1.29 is 24.0 Å². The summed E-state index contributed by atoms with van der Waals surface area (Å²) in [6, 6.07) is 11.8. The van der Waals surface area contributed by atoms with Crippen molar-refractivity contribution in [3.8, 4) is 5.75 Å². The lowest BCUT2D eigenvalue weighted by molar-refractivity contribution is -0.485. The van der Waals surface area contributed by atoms with Crippen molar-refractivity contribution in [2.24, 2.45) is 5.41 Å². The van der Waals surface area contributed by atoms with Crippen molar-refractivity contribution in [3.63, 3.8) is 0 Å². The van der Waals surface area contributed by atoms with Crippen LogP contribution in [0.5, 0.6) is 5.75 Å². The van der Waals surface area contributed by atoms with Crippen molar-refractivity contribution in [1.82, 2.24) is 0 Å². The van der Waals surface area contributed by atoms with Gasteiger partial charge < -0.3 is 9.47 Å². The van der Waals surface area contributed by atoms with E-state index in [-0.39, 0.29) is 6.42 Å². The summed E-state index contributed by atoms with van der Waals surface area (Å²) in [6.45, 7) is -0.589. The number of Topliss-reactive ketones (excluding diaryl/α,β-unsaturated/α-hetero) is 1. The number of ketones is 1. The highest BCUT2D eigenvalue weighted by molar-refractivity contribution is 9.10. The molecule has 2 aromatic carbocycles. The highest BCUT2D eigenvalue weighted by Gasteiger charge is 2.59. The first-order valence-electron chi connectivity index (χ1n) is 8.51. The van der Waals surface area contributed by atoms with E-state index in [1.165, 1.54) is 14.2 Å². The second kappa shape index (κ2) is 7.71. The fourth-order valence-electron chi connectivity index (χ4n) is 3.87. The Labute approximate surface area is 169 Å². The van der Waals surface area contributed by atoms with E-state index >= 15 is 0 Å². The molecule has 2 aromatic rings. The van der Waals surface area contributed by atoms with E-state index < -0.39 is 34.6 Å². The van der Waals surface area contributed by atoms with Crippen LogP contribution >= 0.6 is 15.9 Å². The number of rotatable bonds is 6. The molecule has 0 spiro atoms. The molecule has 3 rings (SSSR count). The van der Waals surface area contributed by atoms with Crippen molar-refractivity contribution in [3.05, 3.63) is 73.7 Å². The Balaban J connectivity index is 2.23. The molecule has 0 bridgehead atoms. The lowest BCUT2D eigenvalue weighted by Gasteiger charge is -2.32. The van der Waals surface area contributed by atoms with Crippen molar-refractivity contribution in [1.29, 1.82) is 0 Å². The Kier molecular flexibility index (Phi) is 5.51. The molecule has 0 fully saturated rings. The monoisotopic (exact) mass is 447 g/mol. The number of hydrogen-bond donors (Lipinski definition) is 0. The Morgan fingerprint density at radius 2 is 2.00 bits per heavy atom. The maximum absolute atomic E-state index is 13.5. The number of hydrogen-bond acceptors (Lipinski definition) is 6. The van der Waals surface area contributed by atoms with E-state index in [0.29, 0.717) is 26.9 Å². The maximum atomic E-state index is 13.5. The predicted octanol–water partition coefficient (Wildman–Crippen LogP) is 3.42. The first-order chi connectivity index (χ1) is 13.3. The van der Waals surface area contributed by atoms with Crippen molar-refractivity contribution in [2.45, 2.75) is 12.3 Å². The molecule has 1 aliphatic carbocycles. The molecule has 8 heteroatoms. The van der Waals surface area contributed by atoms with Gasteiger partial charge in [0.05, 0.1) is 20.1 Å². The summed E-state index contributed by atoms with van der Waals surface area (Å²) in [7, 11) is 2.66. The van der Waals surface area contributed by atoms with Gasteiger partial charge in [-0.1, -0.05) is 40.2 Å². The molecular formula is C20H18BrNO6. The zero-order chi connectivity index (χ0) is 20.5. The summed E-state index contributed by atoms with van der Waals surface area (Å²) in [4.78, 5) is 37.4. The maximum Gasteiger partial charge on any atom is 0.320 e. The first kappa shape index (κ1) is 20.0. The van der Waals surface area contributed by atoms with Crippen molar-refractivity contribution >= 4 is 27.7 Å². The predicted molar refractivity (Wildman–Crippen MR) is 104 cm³/mol. The zero-order valence-corrected chi connectivity index (χ0v) is 16.9. The highest BCUT2D eigenvalue weighted by Crippen LogP contribution is 2.50. The quantitative estimate of drug-likeness (QED) is 0.291. The van der Waals surface area contributed by atoms with E-state index in [9.17, 15) is 19.7 Å². The number of fused-ring (bicyclic) bond motifs is 1. The summed E-state index contributed by atoms with van der Waals surface area (Å²) in [5, 5.41) is 11.5. The summed E-state index contributed by atoms with van der Waals surface area (Å²) >= 11 is 3.40. The third kappa shape index (κ3) is 3.17. The van der Waals surface area contributed by atoms with Crippen LogP contribution < -0.4 is 4.74 Å². The number of carbonyl (C=O) groups is 2. The van der Waals surface area contributed by atoms with Crippen LogP contribution in [-0.4, -0.2) is 37.4 Å². The van der Waals surface area contributed by atoms with Crippen molar-refractivity contribution in [2.75, 3.05) is 20.8 Å². The number of carbonyl (C=O) groups excluding carboxylic acids is 2. The fourth-order valence-corrected chi connectivity index (χ4v) is 4.43. The van der Waals surface area contributed by atoms with Crippen LogP contribution in [-0.2, 0) is 16.0 Å². The van der Waals surface area contributed by atoms with Gasteiger partial charge in [-0.15, -0.1) is 0 Å². The molecule has 0 unspecified atom stereocenters. The van der Waals surface area contributed by atoms with Gasteiger partial charge in [-0.3, -0.25) is 19.7 Å². The Morgan fingerprint density at radius 3 is 2.61 bits per heavy atom. The van der Waals surface area contributed by atoms with Gasteiger partial charge in [0.25, 0.3) is 0 Å². The number of esters is 1. The third-order valence-electron chi connectivity index (χ3n) is 5.19. The van der Waals surface area contributed by atoms with Gasteiger partial charge in [-0.25, -0.2) is 0 Å². The van der Waals surface area contributed by atoms with Crippen LogP contribution in [0.3, 0.4) is 0 Å². The van der Waals surface area contributed by atoms with Gasteiger partial charge in [0.1, 0.15) is 11.2 Å². The molecule has 146 valence electrons. The van der Waals surface area contributed by atoms with E-state index in [1.807, 2.05) is 0 Å². The Morgan fingerprint density at radius 1 is 1.29 bits per heavy atom. The number of benzene rings is 2. The van der Waals surface area contributed by atoms with Gasteiger partial charge in [0.2, 0.25) is 6.54 Å². The normalized spacial score (nSPS) is 19.0. The number of nitrogens with zero attached hydrogens (tertiary/aromatic N) is 1. The summed E-state index contributed by atoms with van der Waals surface area (Å²) < 4.78 is 10.8. The Bertz CT molecular complexity index is 959. The smallest absolute Gasteiger partial charge is 0.320 e. The molecule has 0 aliphatic heterocycles. The molecule has 28 heavy (non-hydrogen) atoms. The van der Waals surface area contributed by atoms with Gasteiger partial charge >= 0.3 is 5.97 Å². The molecule has 0 amide bonds. The minimum absolute atomic E-state index is 0.0255. The number of ether oxygens (including phenoxy) is 2. The largest absolute Gasteiger partial charge is 0.497 e. The van der Waals surface area contributed by atoms with Crippen LogP contribution in [0.2, 0.25) is 0 Å². The average Bonchev–Trinajstić information content (AvgIpc) is 2.98. The molecular weight excluding hydrogens is 430 g/mol. The third-order valence-corrected chi connectivity index (χ3v) is 5.92. The van der Waals surface area contributed by atoms with Crippen LogP contribution in [0.15, 0.2) is 46.9 Å². The average molecular weight is 448 g/mol. The van der Waals surface area contributed by atoms with Crippen LogP contribution in [0, 0.1) is 15.5 Å². The number of methoxy groups -OCH3 is 2. The minimum atomic E-state index is -1.72. The lowest BCUT2D eigenvalue weighted by Crippen LogP contribution is -2.46. The van der Waals surface area contributed by atoms with Gasteiger partial charge in [-0.2, -0.15) is 0 Å². The van der Waals surface area contributed by atoms with E-state index in [1.54, 1.807) is 42.5 Å². The van der Waals surface area contributed by atoms with Crippen LogP contribution in [0.25, 0.3) is 0 Å². The second-order valence-electron chi connectivity index (χ2n) is 6.58. The topological polar surface area (TPSA) is 95.7 Å². The Hall–Kier alpha value is -2.74. The SMILES string of the molecule is COC(=O)[C@]1([C@H](C[N+](=O)[O-])c2ccccc2Br)Cc2ccc(OC)cc2C1=O. The van der Waals surface area contributed by atoms with E-state index in [0.717, 1.165) is 0 Å². The number of halogens is 1. The molecule has 0 saturated heterocycles. The van der Waals surface area contributed by atoms with Crippen LogP contribution in [0.1, 0.15) is 27.4 Å². The second-order valence-corrected chi connectivity index (χ2v) is 7.44. The molecule has 0 radical (unpaired) electrons. The molecule has 0 N–H and O–H groups in total. The fraction of sp³-hybridized carbons (Fsp3) is 0.300. The molecule has 0 aromatic heterocycles. The van der Waals surface area contributed by atoms with E-state index in [2.05, 4.69) is 15.9 Å². The van der Waals surface area contributed by atoms with Gasteiger partial charge in [-0.05, 0) is 35.7 Å². The lowest BCUT2D eigenvalue weighted by atomic mass is 9.69. The van der Waals surface area contributed by atoms with Crippen LogP contribution in [0.4, 0.5) is 0 Å². The highest BCUT2D eigenvalue weighted by atomic mass is 79.9. The van der Waals surface area contributed by atoms with Gasteiger partial charge in [0, 0.05) is 15.0 Å². The molecule has 0 heterocycles. The molecule has 2 atom stereocenters. The molecule has 1 aliphatic rings. The van der Waals surface area contributed by atoms with E-state index in [4.69, 9.17) is 9.47 Å². The zero-order valence-electron chi connectivity index (χ0n) is 15.3. The first-order valence-corrected chi connectivity index (χ1v) is 9.30. The minimum Gasteiger partial charge on any atom is -0.497 e. The summed E-state index contributed by atoms with van der Waals surface area (Å²) in [5.74, 6) is -1.80. The van der Waals surface area contributed by atoms with Gasteiger partial charge in [0.15, 0.2) is 5.78 Å². The number of nitro groups is 1. The molecule has 0 saturated carbocycles. The summed E-state index contributed by atoms with van der Waals surface area (Å²) in [6.07, 6.45) is 0.0255.